The van der Waals surface area contributed by atoms with Crippen molar-refractivity contribution in [1.82, 2.24) is 48.2 Å². The Morgan fingerprint density at radius 1 is 0.138 bits per heavy atom. The fourth-order valence-electron chi connectivity index (χ4n) is 22.1. The number of rotatable bonds is 10. The summed E-state index contributed by atoms with van der Waals surface area (Å²) in [6, 6.07) is 162. The maximum Gasteiger partial charge on any atom is 0.164 e. The van der Waals surface area contributed by atoms with E-state index in [9.17, 15) is 0 Å². The summed E-state index contributed by atoms with van der Waals surface area (Å²) in [7, 11) is 0. The Morgan fingerprint density at radius 3 is 0.732 bits per heavy atom. The predicted octanol–water partition coefficient (Wildman–Crippen LogP) is 33.8. The number of para-hydroxylation sites is 4. The average molecular weight is 1790 g/mol. The second kappa shape index (κ2) is 30.8. The molecule has 0 aliphatic rings. The average Bonchev–Trinajstić information content (AvgIpc) is 1.50. The van der Waals surface area contributed by atoms with Crippen LogP contribution in [0.15, 0.2) is 449 Å². The van der Waals surface area contributed by atoms with Crippen molar-refractivity contribution in [2.45, 2.75) is 0 Å². The molecular formula is C126H74N10S2. The largest absolute Gasteiger partial charge is 0.309 e. The summed E-state index contributed by atoms with van der Waals surface area (Å²) in [6.07, 6.45) is 0. The van der Waals surface area contributed by atoms with Gasteiger partial charge in [0.2, 0.25) is 0 Å². The second-order valence-electron chi connectivity index (χ2n) is 35.8. The Kier molecular flexibility index (Phi) is 17.3. The molecule has 10 nitrogen and oxygen atoms in total. The van der Waals surface area contributed by atoms with E-state index < -0.39 is 0 Å². The van der Waals surface area contributed by atoms with Crippen molar-refractivity contribution in [2.24, 2.45) is 0 Å². The van der Waals surface area contributed by atoms with Gasteiger partial charge in [-0.05, 0) is 186 Å². The van der Waals surface area contributed by atoms with Crippen molar-refractivity contribution in [2.75, 3.05) is 0 Å². The van der Waals surface area contributed by atoms with Gasteiger partial charge in [-0.15, -0.1) is 22.7 Å². The highest BCUT2D eigenvalue weighted by molar-refractivity contribution is 7.27. The quantitative estimate of drug-likeness (QED) is 0.127. The van der Waals surface area contributed by atoms with Crippen molar-refractivity contribution in [1.29, 1.82) is 0 Å². The van der Waals surface area contributed by atoms with E-state index in [0.717, 1.165) is 77.9 Å². The predicted molar refractivity (Wildman–Crippen MR) is 580 cm³/mol. The number of nitrogens with zero attached hydrogens (tertiary/aromatic N) is 10. The molecule has 0 aliphatic carbocycles. The number of benzene rings is 22. The summed E-state index contributed by atoms with van der Waals surface area (Å²) in [6.45, 7) is 0. The van der Waals surface area contributed by atoms with E-state index in [2.05, 4.69) is 394 Å². The fourth-order valence-corrected chi connectivity index (χ4v) is 24.6. The summed E-state index contributed by atoms with van der Waals surface area (Å²) in [4.78, 5) is 30.3. The molecule has 0 N–H and O–H groups in total. The Balaban J connectivity index is 0.000000133. The summed E-state index contributed by atoms with van der Waals surface area (Å²) >= 11 is 3.79. The normalized spacial score (nSPS) is 12.1. The van der Waals surface area contributed by atoms with E-state index in [1.165, 1.54) is 170 Å². The van der Waals surface area contributed by atoms with E-state index in [1.807, 2.05) is 95.5 Å². The van der Waals surface area contributed by atoms with E-state index >= 15 is 0 Å². The fraction of sp³-hybridized carbons (Fsp3) is 0. The first-order chi connectivity index (χ1) is 68.4. The molecule has 30 rings (SSSR count). The zero-order valence-electron chi connectivity index (χ0n) is 74.0. The van der Waals surface area contributed by atoms with Crippen LogP contribution < -0.4 is 0 Å². The molecule has 0 spiro atoms. The molecular weight excluding hydrogens is 1720 g/mol. The summed E-state index contributed by atoms with van der Waals surface area (Å²) in [5.74, 6) is 3.87. The summed E-state index contributed by atoms with van der Waals surface area (Å²) in [5.41, 5.74) is 19.7. The van der Waals surface area contributed by atoms with Gasteiger partial charge in [-0.25, -0.2) is 29.9 Å². The van der Waals surface area contributed by atoms with Crippen LogP contribution in [0, 0.1) is 0 Å². The van der Waals surface area contributed by atoms with Gasteiger partial charge in [-0.3, -0.25) is 0 Å². The van der Waals surface area contributed by atoms with E-state index in [0.29, 0.717) is 34.9 Å². The van der Waals surface area contributed by atoms with Crippen LogP contribution in [0.4, 0.5) is 0 Å². The highest BCUT2D eigenvalue weighted by Crippen LogP contribution is 2.50. The Hall–Kier alpha value is -17.9. The van der Waals surface area contributed by atoms with Gasteiger partial charge in [0.1, 0.15) is 0 Å². The van der Waals surface area contributed by atoms with Gasteiger partial charge in [-0.2, -0.15) is 0 Å². The molecule has 0 amide bonds. The molecule has 12 heteroatoms. The lowest BCUT2D eigenvalue weighted by Gasteiger charge is -2.15. The van der Waals surface area contributed by atoms with Crippen LogP contribution in [0.25, 0.3) is 283 Å². The molecule has 0 radical (unpaired) electrons. The molecule has 0 fully saturated rings. The molecule has 0 atom stereocenters. The lowest BCUT2D eigenvalue weighted by atomic mass is 9.93. The third-order valence-corrected chi connectivity index (χ3v) is 30.7. The Bertz CT molecular complexity index is 10200. The first kappa shape index (κ1) is 77.6. The lowest BCUT2D eigenvalue weighted by Crippen LogP contribution is -2.00. The van der Waals surface area contributed by atoms with Crippen molar-refractivity contribution in [3.05, 3.63) is 449 Å². The minimum absolute atomic E-state index is 0.636. The first-order valence-corrected chi connectivity index (χ1v) is 48.3. The highest BCUT2D eigenvalue weighted by atomic mass is 32.1. The molecule has 0 saturated carbocycles. The SMILES string of the molecule is c1ccc(-c2nc(-c3ccccc3)nc(-c3ccc4c5ccc(-n6c7ccccc7c7cc(-n8c9ccccc9c9c%10sc%11ccccc%11c%10ccc98)ccc76)cc5c5ccccc5c4c3)n2)cc1.c1ccc(-c2nc(-c3ccccc3)nc(-c3ccc4c5ccccc5c5ccc(-n6c7ccccc7c7cc(-n8c9ccccc9c9c%10sc%11ccccc%11c%10ccc98)ccc76)cc5c4c3)n2)cc1. The minimum Gasteiger partial charge on any atom is -0.309 e. The van der Waals surface area contributed by atoms with Crippen LogP contribution in [-0.4, -0.2) is 48.2 Å². The zero-order valence-corrected chi connectivity index (χ0v) is 75.6. The van der Waals surface area contributed by atoms with Crippen LogP contribution >= 0.6 is 22.7 Å². The van der Waals surface area contributed by atoms with Gasteiger partial charge in [0.15, 0.2) is 34.9 Å². The third-order valence-electron chi connectivity index (χ3n) is 28.3. The van der Waals surface area contributed by atoms with E-state index in [4.69, 9.17) is 29.9 Å². The van der Waals surface area contributed by atoms with Gasteiger partial charge in [0.25, 0.3) is 0 Å². The molecule has 138 heavy (non-hydrogen) atoms. The van der Waals surface area contributed by atoms with Crippen LogP contribution in [0.1, 0.15) is 0 Å². The van der Waals surface area contributed by atoms with Crippen molar-refractivity contribution in [3.63, 3.8) is 0 Å². The highest BCUT2D eigenvalue weighted by Gasteiger charge is 2.26. The van der Waals surface area contributed by atoms with Crippen LogP contribution in [-0.2, 0) is 0 Å². The second-order valence-corrected chi connectivity index (χ2v) is 37.9. The summed E-state index contributed by atoms with van der Waals surface area (Å²) < 4.78 is 15.1. The lowest BCUT2D eigenvalue weighted by molar-refractivity contribution is 1.07. The number of hydrogen-bond acceptors (Lipinski definition) is 8. The molecule has 22 aromatic carbocycles. The van der Waals surface area contributed by atoms with Gasteiger partial charge < -0.3 is 18.3 Å². The smallest absolute Gasteiger partial charge is 0.164 e. The maximum atomic E-state index is 5.13. The zero-order chi connectivity index (χ0) is 90.3. The number of hydrogen-bond donors (Lipinski definition) is 0. The molecule has 0 unspecified atom stereocenters. The third kappa shape index (κ3) is 12.1. The van der Waals surface area contributed by atoms with Crippen molar-refractivity contribution >= 4 is 215 Å². The monoisotopic (exact) mass is 1790 g/mol. The topological polar surface area (TPSA) is 97.1 Å². The standard InChI is InChI=1S/2C63H37N5S/c1-3-15-38(16-4-1)61-64-62(39-17-5-2-6-18-39)66-63(65-61)40-27-30-45-46-31-28-41(36-52(46)44-20-8-7-19-43(44)51(45)35-40)67-54-24-12-9-21-47(54)53-37-42(29-33-56(53)67)68-55-25-13-10-23-50(55)59-57(68)34-32-49-48-22-11-14-26-58(48)69-60(49)59;1-3-15-38(16-4-1)61-64-62(39-17-5-2-6-18-39)66-63(65-61)40-27-30-45-43-19-7-8-20-44(43)46-31-28-41(36-52(46)51(45)35-40)67-54-24-12-9-21-47(54)53-37-42(29-33-56(53)67)68-55-25-13-10-23-50(55)59-57(68)34-32-49-48-22-11-14-26-58(48)69-60(49)59/h2*1-37H. The number of aromatic nitrogens is 10. The summed E-state index contributed by atoms with van der Waals surface area (Å²) in [5, 5.41) is 29.6. The Labute approximate surface area is 797 Å². The first-order valence-electron chi connectivity index (χ1n) is 46.7. The molecule has 640 valence electrons. The molecule has 0 bridgehead atoms. The van der Waals surface area contributed by atoms with Crippen LogP contribution in [0.3, 0.4) is 0 Å². The van der Waals surface area contributed by atoms with Crippen molar-refractivity contribution < 1.29 is 0 Å². The Morgan fingerprint density at radius 2 is 0.362 bits per heavy atom. The van der Waals surface area contributed by atoms with Gasteiger partial charge in [0.05, 0.1) is 44.1 Å². The van der Waals surface area contributed by atoms with Crippen LogP contribution in [0.2, 0.25) is 0 Å². The molecule has 30 aromatic rings. The maximum absolute atomic E-state index is 5.13. The van der Waals surface area contributed by atoms with Crippen LogP contribution in [0.5, 0.6) is 0 Å². The molecule has 8 heterocycles. The molecule has 8 aromatic heterocycles. The molecule has 0 saturated heterocycles. The van der Waals surface area contributed by atoms with Gasteiger partial charge >= 0.3 is 0 Å². The molecule has 0 aliphatic heterocycles. The van der Waals surface area contributed by atoms with Gasteiger partial charge in [-0.1, -0.05) is 328 Å². The van der Waals surface area contributed by atoms with E-state index in [1.54, 1.807) is 0 Å². The van der Waals surface area contributed by atoms with Crippen molar-refractivity contribution in [3.8, 4) is 91.1 Å². The number of thiophene rings is 2. The van der Waals surface area contributed by atoms with Gasteiger partial charge in [0, 0.05) is 140 Å². The van der Waals surface area contributed by atoms with E-state index in [-0.39, 0.29) is 0 Å². The number of fused-ring (bicyclic) bond motifs is 32. The minimum atomic E-state index is 0.636.